The molecule has 1 heterocycles. The monoisotopic (exact) mass is 289 g/mol. The minimum atomic E-state index is 0.359. The molecule has 0 fully saturated rings. The van der Waals surface area contributed by atoms with Crippen LogP contribution >= 0.6 is 27.3 Å². The fraction of sp³-hybridized carbons (Fsp3) is 0.667. The van der Waals surface area contributed by atoms with Crippen LogP contribution in [0.3, 0.4) is 0 Å². The first-order valence-corrected chi connectivity index (χ1v) is 6.87. The average Bonchev–Trinajstić information content (AvgIpc) is 2.41. The minimum Gasteiger partial charge on any atom is -0.312 e. The molecule has 86 valence electrons. The molecular formula is C12H20BrNS. The fourth-order valence-corrected chi connectivity index (χ4v) is 3.28. The van der Waals surface area contributed by atoms with Crippen molar-refractivity contribution < 1.29 is 0 Å². The lowest BCUT2D eigenvalue weighted by atomic mass is 9.87. The quantitative estimate of drug-likeness (QED) is 0.863. The molecule has 0 aliphatic heterocycles. The highest BCUT2D eigenvalue weighted by Crippen LogP contribution is 2.35. The van der Waals surface area contributed by atoms with Gasteiger partial charge in [-0.2, -0.15) is 0 Å². The Labute approximate surface area is 105 Å². The summed E-state index contributed by atoms with van der Waals surface area (Å²) in [7, 11) is 2.04. The standard InChI is InChI=1S/C12H20BrNS/c1-8-9(13)6-11(15-8)10(14-5)7-12(2,3)4/h6,10,14H,7H2,1-5H3. The Kier molecular flexibility index (Phi) is 4.38. The molecule has 0 saturated carbocycles. The van der Waals surface area contributed by atoms with Crippen molar-refractivity contribution in [3.63, 3.8) is 0 Å². The lowest BCUT2D eigenvalue weighted by molar-refractivity contribution is 0.323. The summed E-state index contributed by atoms with van der Waals surface area (Å²) in [5.41, 5.74) is 0.359. The summed E-state index contributed by atoms with van der Waals surface area (Å²) in [4.78, 5) is 2.79. The number of thiophene rings is 1. The van der Waals surface area contributed by atoms with E-state index >= 15 is 0 Å². The van der Waals surface area contributed by atoms with Gasteiger partial charge in [0.15, 0.2) is 0 Å². The van der Waals surface area contributed by atoms with Crippen LogP contribution < -0.4 is 5.32 Å². The molecular weight excluding hydrogens is 270 g/mol. The van der Waals surface area contributed by atoms with E-state index in [0.29, 0.717) is 11.5 Å². The highest BCUT2D eigenvalue weighted by atomic mass is 79.9. The summed E-state index contributed by atoms with van der Waals surface area (Å²) in [6.45, 7) is 9.01. The molecule has 0 aliphatic rings. The van der Waals surface area contributed by atoms with Crippen molar-refractivity contribution in [2.24, 2.45) is 5.41 Å². The van der Waals surface area contributed by atoms with E-state index in [1.807, 2.05) is 18.4 Å². The van der Waals surface area contributed by atoms with E-state index in [2.05, 4.69) is 55.0 Å². The van der Waals surface area contributed by atoms with Crippen LogP contribution in [-0.2, 0) is 0 Å². The molecule has 0 aromatic carbocycles. The molecule has 1 N–H and O–H groups in total. The first-order chi connectivity index (χ1) is 6.83. The summed E-state index contributed by atoms with van der Waals surface area (Å²) >= 11 is 5.45. The Morgan fingerprint density at radius 3 is 2.40 bits per heavy atom. The maximum absolute atomic E-state index is 3.58. The summed E-state index contributed by atoms with van der Waals surface area (Å²) in [6.07, 6.45) is 1.16. The van der Waals surface area contributed by atoms with Crippen LogP contribution in [0.25, 0.3) is 0 Å². The zero-order chi connectivity index (χ0) is 11.6. The van der Waals surface area contributed by atoms with Crippen molar-refractivity contribution >= 4 is 27.3 Å². The number of rotatable bonds is 3. The lowest BCUT2D eigenvalue weighted by Crippen LogP contribution is -2.21. The van der Waals surface area contributed by atoms with E-state index in [1.54, 1.807) is 0 Å². The molecule has 0 saturated heterocycles. The zero-order valence-electron chi connectivity index (χ0n) is 10.1. The molecule has 0 amide bonds. The Bertz CT molecular complexity index is 305. The van der Waals surface area contributed by atoms with Crippen LogP contribution in [0.15, 0.2) is 10.5 Å². The third-order valence-corrected chi connectivity index (χ3v) is 4.63. The minimum absolute atomic E-state index is 0.359. The van der Waals surface area contributed by atoms with Gasteiger partial charge in [0.05, 0.1) is 0 Å². The van der Waals surface area contributed by atoms with Crippen molar-refractivity contribution in [2.45, 2.75) is 40.2 Å². The van der Waals surface area contributed by atoms with Crippen molar-refractivity contribution in [3.8, 4) is 0 Å². The average molecular weight is 290 g/mol. The number of halogens is 1. The van der Waals surface area contributed by atoms with Crippen molar-refractivity contribution in [1.29, 1.82) is 0 Å². The molecule has 1 aromatic rings. The largest absolute Gasteiger partial charge is 0.312 e. The molecule has 0 spiro atoms. The van der Waals surface area contributed by atoms with E-state index in [0.717, 1.165) is 6.42 Å². The predicted molar refractivity (Wildman–Crippen MR) is 72.6 cm³/mol. The predicted octanol–water partition coefficient (Wildman–Crippen LogP) is 4.52. The van der Waals surface area contributed by atoms with Gasteiger partial charge in [-0.3, -0.25) is 0 Å². The van der Waals surface area contributed by atoms with Gasteiger partial charge in [-0.25, -0.2) is 0 Å². The van der Waals surface area contributed by atoms with Crippen LogP contribution in [0, 0.1) is 12.3 Å². The van der Waals surface area contributed by atoms with Crippen LogP contribution in [0.1, 0.15) is 43.0 Å². The molecule has 0 radical (unpaired) electrons. The second kappa shape index (κ2) is 4.98. The summed E-state index contributed by atoms with van der Waals surface area (Å²) in [6, 6.07) is 2.72. The smallest absolute Gasteiger partial charge is 0.0417 e. The van der Waals surface area contributed by atoms with E-state index in [1.165, 1.54) is 14.2 Å². The summed E-state index contributed by atoms with van der Waals surface area (Å²) in [5, 5.41) is 3.41. The Morgan fingerprint density at radius 1 is 1.47 bits per heavy atom. The highest BCUT2D eigenvalue weighted by molar-refractivity contribution is 9.10. The maximum atomic E-state index is 3.58. The highest BCUT2D eigenvalue weighted by Gasteiger charge is 2.20. The second-order valence-corrected chi connectivity index (χ2v) is 7.30. The molecule has 3 heteroatoms. The molecule has 1 nitrogen and oxygen atoms in total. The Morgan fingerprint density at radius 2 is 2.07 bits per heavy atom. The first-order valence-electron chi connectivity index (χ1n) is 5.26. The van der Waals surface area contributed by atoms with Crippen molar-refractivity contribution in [3.05, 3.63) is 20.3 Å². The fourth-order valence-electron chi connectivity index (χ4n) is 1.61. The van der Waals surface area contributed by atoms with Gasteiger partial charge in [0.1, 0.15) is 0 Å². The third kappa shape index (κ3) is 3.89. The first kappa shape index (κ1) is 13.2. The van der Waals surface area contributed by atoms with Gasteiger partial charge in [0, 0.05) is 20.3 Å². The Hall–Kier alpha value is 0.140. The zero-order valence-corrected chi connectivity index (χ0v) is 12.6. The van der Waals surface area contributed by atoms with Gasteiger partial charge in [-0.15, -0.1) is 11.3 Å². The second-order valence-electron chi connectivity index (χ2n) is 5.16. The third-order valence-electron chi connectivity index (χ3n) is 2.38. The number of aryl methyl sites for hydroxylation is 1. The van der Waals surface area contributed by atoms with Gasteiger partial charge >= 0.3 is 0 Å². The van der Waals surface area contributed by atoms with E-state index in [9.17, 15) is 0 Å². The lowest BCUT2D eigenvalue weighted by Gasteiger charge is -2.24. The van der Waals surface area contributed by atoms with Crippen LogP contribution in [0.2, 0.25) is 0 Å². The van der Waals surface area contributed by atoms with Gasteiger partial charge in [0.25, 0.3) is 0 Å². The molecule has 1 unspecified atom stereocenters. The van der Waals surface area contributed by atoms with E-state index in [-0.39, 0.29) is 0 Å². The topological polar surface area (TPSA) is 12.0 Å². The number of hydrogen-bond donors (Lipinski definition) is 1. The molecule has 1 rings (SSSR count). The summed E-state index contributed by atoms with van der Waals surface area (Å²) < 4.78 is 1.23. The van der Waals surface area contributed by atoms with Gasteiger partial charge in [0.2, 0.25) is 0 Å². The van der Waals surface area contributed by atoms with Gasteiger partial charge in [-0.1, -0.05) is 20.8 Å². The number of hydrogen-bond acceptors (Lipinski definition) is 2. The van der Waals surface area contributed by atoms with Gasteiger partial charge in [-0.05, 0) is 47.8 Å². The maximum Gasteiger partial charge on any atom is 0.0417 e. The molecule has 0 aliphatic carbocycles. The molecule has 1 atom stereocenters. The Balaban J connectivity index is 2.83. The number of nitrogens with one attached hydrogen (secondary N) is 1. The summed E-state index contributed by atoms with van der Waals surface area (Å²) in [5.74, 6) is 0. The van der Waals surface area contributed by atoms with Crippen molar-refractivity contribution in [1.82, 2.24) is 5.32 Å². The van der Waals surface area contributed by atoms with E-state index in [4.69, 9.17) is 0 Å². The van der Waals surface area contributed by atoms with Gasteiger partial charge < -0.3 is 5.32 Å². The SMILES string of the molecule is CNC(CC(C)(C)C)c1cc(Br)c(C)s1. The molecule has 15 heavy (non-hydrogen) atoms. The molecule has 0 bridgehead atoms. The van der Waals surface area contributed by atoms with E-state index < -0.39 is 0 Å². The van der Waals surface area contributed by atoms with Crippen molar-refractivity contribution in [2.75, 3.05) is 7.05 Å². The van der Waals surface area contributed by atoms with Crippen LogP contribution in [-0.4, -0.2) is 7.05 Å². The normalized spacial score (nSPS) is 14.3. The molecule has 1 aromatic heterocycles. The van der Waals surface area contributed by atoms with Crippen LogP contribution in [0.4, 0.5) is 0 Å². The van der Waals surface area contributed by atoms with Crippen LogP contribution in [0.5, 0.6) is 0 Å².